The molecule has 0 saturated carbocycles. The Hall–Kier alpha value is -3.68. The highest BCUT2D eigenvalue weighted by atomic mass is 19.1. The first-order valence-electron chi connectivity index (χ1n) is 13.5. The summed E-state index contributed by atoms with van der Waals surface area (Å²) in [5.41, 5.74) is 6.82. The quantitative estimate of drug-likeness (QED) is 0.361. The van der Waals surface area contributed by atoms with E-state index in [0.717, 1.165) is 70.2 Å². The molecule has 2 aliphatic rings. The van der Waals surface area contributed by atoms with Crippen molar-refractivity contribution in [3.63, 3.8) is 0 Å². The van der Waals surface area contributed by atoms with Crippen LogP contribution in [0.2, 0.25) is 0 Å². The van der Waals surface area contributed by atoms with Crippen LogP contribution in [0.4, 0.5) is 10.1 Å². The highest BCUT2D eigenvalue weighted by Crippen LogP contribution is 2.47. The van der Waals surface area contributed by atoms with E-state index >= 15 is 0 Å². The molecule has 6 nitrogen and oxygen atoms in total. The number of ether oxygens (including phenoxy) is 2. The second kappa shape index (κ2) is 12.0. The van der Waals surface area contributed by atoms with Gasteiger partial charge >= 0.3 is 0 Å². The smallest absolute Gasteiger partial charge is 0.221 e. The molecule has 39 heavy (non-hydrogen) atoms. The zero-order valence-electron chi connectivity index (χ0n) is 22.5. The summed E-state index contributed by atoms with van der Waals surface area (Å²) >= 11 is 0. The molecule has 1 atom stereocenters. The van der Waals surface area contributed by atoms with Crippen molar-refractivity contribution in [1.82, 2.24) is 4.90 Å². The van der Waals surface area contributed by atoms with Crippen LogP contribution in [0.25, 0.3) is 11.1 Å². The van der Waals surface area contributed by atoms with E-state index < -0.39 is 0 Å². The van der Waals surface area contributed by atoms with E-state index in [2.05, 4.69) is 23.2 Å². The van der Waals surface area contributed by atoms with Gasteiger partial charge in [0.2, 0.25) is 5.91 Å². The Kier molecular flexibility index (Phi) is 8.29. The predicted octanol–water partition coefficient (Wildman–Crippen LogP) is 5.52. The minimum absolute atomic E-state index is 0.0846. The Bertz CT molecular complexity index is 1350. The second-order valence-electron chi connectivity index (χ2n) is 10.3. The largest absolute Gasteiger partial charge is 0.492 e. The lowest BCUT2D eigenvalue weighted by Crippen LogP contribution is -2.49. The number of hydrogen-bond donors (Lipinski definition) is 2. The van der Waals surface area contributed by atoms with Crippen molar-refractivity contribution in [2.24, 2.45) is 5.92 Å². The van der Waals surface area contributed by atoms with Gasteiger partial charge in [-0.05, 0) is 72.0 Å². The molecule has 0 aliphatic carbocycles. The van der Waals surface area contributed by atoms with E-state index in [-0.39, 0.29) is 31.2 Å². The van der Waals surface area contributed by atoms with Crippen LogP contribution in [-0.2, 0) is 11.2 Å². The molecule has 5 rings (SSSR count). The number of alkyl halides is 1. The summed E-state index contributed by atoms with van der Waals surface area (Å²) in [5.74, 6) is 1.62. The number of hydrogen-bond acceptors (Lipinski definition) is 5. The van der Waals surface area contributed by atoms with Gasteiger partial charge < -0.3 is 19.9 Å². The molecule has 204 valence electrons. The molecule has 1 fully saturated rings. The lowest BCUT2D eigenvalue weighted by Gasteiger charge is -2.37. The molecule has 3 aromatic carbocycles. The number of aliphatic hydroxyl groups is 1. The first-order valence-corrected chi connectivity index (χ1v) is 13.5. The van der Waals surface area contributed by atoms with Crippen LogP contribution in [0.3, 0.4) is 0 Å². The molecular weight excluding hydrogens is 495 g/mol. The van der Waals surface area contributed by atoms with Crippen molar-refractivity contribution in [3.8, 4) is 11.5 Å². The van der Waals surface area contributed by atoms with E-state index in [1.807, 2.05) is 60.7 Å². The number of benzene rings is 3. The van der Waals surface area contributed by atoms with Crippen molar-refractivity contribution in [3.05, 3.63) is 89.0 Å². The third kappa shape index (κ3) is 6.15. The maximum atomic E-state index is 12.7. The van der Waals surface area contributed by atoms with Crippen molar-refractivity contribution in [2.45, 2.75) is 26.4 Å². The van der Waals surface area contributed by atoms with Crippen molar-refractivity contribution < 1.29 is 23.8 Å². The Morgan fingerprint density at radius 1 is 1.13 bits per heavy atom. The van der Waals surface area contributed by atoms with E-state index in [1.165, 1.54) is 6.92 Å². The van der Waals surface area contributed by atoms with Gasteiger partial charge in [-0.25, -0.2) is 0 Å². The number of aliphatic hydroxyl groups excluding tert-OH is 1. The summed E-state index contributed by atoms with van der Waals surface area (Å²) < 4.78 is 25.2. The maximum absolute atomic E-state index is 12.7. The Morgan fingerprint density at radius 2 is 1.92 bits per heavy atom. The van der Waals surface area contributed by atoms with Gasteiger partial charge in [-0.1, -0.05) is 30.3 Å². The fourth-order valence-corrected chi connectivity index (χ4v) is 5.34. The molecule has 0 unspecified atom stereocenters. The van der Waals surface area contributed by atoms with Crippen LogP contribution in [0.15, 0.2) is 66.7 Å². The second-order valence-corrected chi connectivity index (χ2v) is 10.3. The molecule has 0 aromatic heterocycles. The third-order valence-corrected chi connectivity index (χ3v) is 7.36. The number of halogens is 1. The van der Waals surface area contributed by atoms with Gasteiger partial charge in [-0.3, -0.25) is 14.1 Å². The molecule has 0 spiro atoms. The molecule has 1 saturated heterocycles. The Labute approximate surface area is 229 Å². The van der Waals surface area contributed by atoms with E-state index in [0.29, 0.717) is 13.0 Å². The monoisotopic (exact) mass is 530 g/mol. The normalized spacial score (nSPS) is 17.3. The molecule has 0 radical (unpaired) electrons. The lowest BCUT2D eigenvalue weighted by molar-refractivity contribution is -0.114. The first kappa shape index (κ1) is 26.9. The van der Waals surface area contributed by atoms with Crippen LogP contribution >= 0.6 is 0 Å². The number of anilines is 1. The summed E-state index contributed by atoms with van der Waals surface area (Å²) in [6.45, 7) is 6.38. The number of fused-ring (bicyclic) bond motifs is 1. The Balaban J connectivity index is 1.42. The average molecular weight is 531 g/mol. The summed E-state index contributed by atoms with van der Waals surface area (Å²) in [4.78, 5) is 13.9. The van der Waals surface area contributed by atoms with Crippen LogP contribution in [0.1, 0.15) is 42.2 Å². The molecule has 2 N–H and O–H groups in total. The molecule has 0 bridgehead atoms. The van der Waals surface area contributed by atoms with Gasteiger partial charge in [0.25, 0.3) is 0 Å². The molecule has 2 heterocycles. The minimum atomic E-state index is -0.360. The zero-order valence-corrected chi connectivity index (χ0v) is 22.5. The van der Waals surface area contributed by atoms with Crippen LogP contribution in [0.5, 0.6) is 11.5 Å². The molecule has 7 heteroatoms. The summed E-state index contributed by atoms with van der Waals surface area (Å²) in [6.07, 6.45) is 0.217. The van der Waals surface area contributed by atoms with Gasteiger partial charge in [-0.15, -0.1) is 0 Å². The average Bonchev–Trinajstić information content (AvgIpc) is 2.90. The first-order chi connectivity index (χ1) is 18.9. The van der Waals surface area contributed by atoms with Gasteiger partial charge in [0.05, 0.1) is 6.67 Å². The van der Waals surface area contributed by atoms with Crippen molar-refractivity contribution in [2.75, 3.05) is 44.8 Å². The van der Waals surface area contributed by atoms with Gasteiger partial charge in [-0.2, -0.15) is 0 Å². The molecule has 3 aromatic rings. The number of nitrogens with zero attached hydrogens (tertiary/aromatic N) is 1. The van der Waals surface area contributed by atoms with Crippen LogP contribution < -0.4 is 14.8 Å². The number of nitrogens with one attached hydrogen (secondary N) is 1. The fourth-order valence-electron chi connectivity index (χ4n) is 5.34. The summed E-state index contributed by atoms with van der Waals surface area (Å²) in [7, 11) is 0. The summed E-state index contributed by atoms with van der Waals surface area (Å²) in [6, 6.07) is 21.8. The highest BCUT2D eigenvalue weighted by molar-refractivity contribution is 5.97. The fraction of sp³-hybridized carbons (Fsp3) is 0.344. The number of likely N-dealkylation sites (tertiary alicyclic amines) is 1. The SMILES string of the molecule is CC(=O)Nc1cccc(C2=C(C)c3cc(CCO)ccc3O[C@H]2c2ccc(OCCN3CC(CF)C3)cc2)c1. The lowest BCUT2D eigenvalue weighted by atomic mass is 9.85. The molecule has 1 amide bonds. The van der Waals surface area contributed by atoms with Crippen molar-refractivity contribution >= 4 is 22.7 Å². The highest BCUT2D eigenvalue weighted by Gasteiger charge is 2.30. The molecule has 2 aliphatic heterocycles. The van der Waals surface area contributed by atoms with Gasteiger partial charge in [0.15, 0.2) is 0 Å². The topological polar surface area (TPSA) is 71.0 Å². The van der Waals surface area contributed by atoms with Gasteiger partial charge in [0.1, 0.15) is 24.2 Å². The number of carbonyl (C=O) groups is 1. The third-order valence-electron chi connectivity index (χ3n) is 7.36. The number of carbonyl (C=O) groups excluding carboxylic acids is 1. The Morgan fingerprint density at radius 3 is 2.64 bits per heavy atom. The standard InChI is InChI=1S/C32H35FN2O4/c1-21-29-16-23(12-14-36)6-11-30(29)39-32(31(21)26-4-3-5-27(17-26)34-22(2)37)25-7-9-28(10-8-25)38-15-13-35-19-24(18-33)20-35/h3-11,16-17,24,32,36H,12-15,18-20H2,1-2H3,(H,34,37)/t32-/m0/s1. The zero-order chi connectivity index (χ0) is 27.4. The van der Waals surface area contributed by atoms with E-state index in [4.69, 9.17) is 9.47 Å². The molecular formula is C32H35FN2O4. The maximum Gasteiger partial charge on any atom is 0.221 e. The number of allylic oxidation sites excluding steroid dienone is 1. The van der Waals surface area contributed by atoms with Gasteiger partial charge in [0, 0.05) is 55.9 Å². The van der Waals surface area contributed by atoms with E-state index in [9.17, 15) is 14.3 Å². The van der Waals surface area contributed by atoms with E-state index in [1.54, 1.807) is 0 Å². The number of amides is 1. The minimum Gasteiger partial charge on any atom is -0.492 e. The predicted molar refractivity (Wildman–Crippen MR) is 152 cm³/mol. The van der Waals surface area contributed by atoms with Crippen LogP contribution in [-0.4, -0.2) is 55.4 Å². The summed E-state index contributed by atoms with van der Waals surface area (Å²) in [5, 5.41) is 12.3. The number of rotatable bonds is 10. The van der Waals surface area contributed by atoms with Crippen LogP contribution in [0, 0.1) is 5.92 Å². The van der Waals surface area contributed by atoms with Crippen molar-refractivity contribution in [1.29, 1.82) is 0 Å².